The highest BCUT2D eigenvalue weighted by Crippen LogP contribution is 2.20. The van der Waals surface area contributed by atoms with Crippen LogP contribution in [0.25, 0.3) is 11.1 Å². The van der Waals surface area contributed by atoms with Crippen molar-refractivity contribution in [3.63, 3.8) is 0 Å². The van der Waals surface area contributed by atoms with E-state index >= 15 is 0 Å². The summed E-state index contributed by atoms with van der Waals surface area (Å²) in [6.07, 6.45) is 7.69. The molecule has 98 valence electrons. The van der Waals surface area contributed by atoms with E-state index in [1.807, 2.05) is 12.1 Å². The lowest BCUT2D eigenvalue weighted by Crippen LogP contribution is -1.84. The van der Waals surface area contributed by atoms with Crippen molar-refractivity contribution >= 4 is 0 Å². The Balaban J connectivity index is 2.02. The van der Waals surface area contributed by atoms with Gasteiger partial charge in [0.2, 0.25) is 0 Å². The fraction of sp³-hybridized carbons (Fsp3) is 0.222. The van der Waals surface area contributed by atoms with Gasteiger partial charge in [0, 0.05) is 0 Å². The monoisotopic (exact) mass is 254 g/mol. The molecule has 0 amide bonds. The first-order valence-electron chi connectivity index (χ1n) is 6.79. The van der Waals surface area contributed by atoms with Gasteiger partial charge in [0.15, 0.2) is 0 Å². The van der Waals surface area contributed by atoms with Crippen molar-refractivity contribution in [2.24, 2.45) is 0 Å². The number of hydrogen-bond donors (Lipinski definition) is 0. The summed E-state index contributed by atoms with van der Waals surface area (Å²) in [7, 11) is 0. The van der Waals surface area contributed by atoms with Gasteiger partial charge in [-0.2, -0.15) is 0 Å². The first-order chi connectivity index (χ1) is 9.29. The third kappa shape index (κ3) is 4.06. The second-order valence-corrected chi connectivity index (χ2v) is 4.62. The van der Waals surface area contributed by atoms with Crippen molar-refractivity contribution in [2.75, 3.05) is 0 Å². The molecule has 0 heterocycles. The summed E-state index contributed by atoms with van der Waals surface area (Å²) in [5, 5.41) is 0. The van der Waals surface area contributed by atoms with Crippen molar-refractivity contribution in [1.29, 1.82) is 0 Å². The number of benzene rings is 2. The van der Waals surface area contributed by atoms with Gasteiger partial charge in [-0.05, 0) is 48.1 Å². The van der Waals surface area contributed by atoms with Crippen molar-refractivity contribution in [3.8, 4) is 11.1 Å². The molecule has 0 bridgehead atoms. The van der Waals surface area contributed by atoms with Crippen LogP contribution in [0, 0.1) is 5.82 Å². The summed E-state index contributed by atoms with van der Waals surface area (Å²) in [4.78, 5) is 0. The van der Waals surface area contributed by atoms with Crippen LogP contribution < -0.4 is 0 Å². The Morgan fingerprint density at radius 3 is 2.00 bits per heavy atom. The number of aryl methyl sites for hydroxylation is 1. The van der Waals surface area contributed by atoms with Crippen LogP contribution in [0.1, 0.15) is 25.3 Å². The highest BCUT2D eigenvalue weighted by molar-refractivity contribution is 5.63. The molecule has 0 aliphatic carbocycles. The molecular weight excluding hydrogens is 235 g/mol. The van der Waals surface area contributed by atoms with Gasteiger partial charge in [-0.3, -0.25) is 0 Å². The molecule has 0 aromatic heterocycles. The summed E-state index contributed by atoms with van der Waals surface area (Å²) >= 11 is 0. The lowest BCUT2D eigenvalue weighted by molar-refractivity contribution is 0.628. The number of allylic oxidation sites excluding steroid dienone is 2. The molecule has 0 saturated carbocycles. The van der Waals surface area contributed by atoms with Gasteiger partial charge in [-0.15, -0.1) is 0 Å². The molecule has 0 fully saturated rings. The van der Waals surface area contributed by atoms with Crippen molar-refractivity contribution in [3.05, 3.63) is 72.1 Å². The van der Waals surface area contributed by atoms with Crippen LogP contribution >= 0.6 is 0 Å². The fourth-order valence-corrected chi connectivity index (χ4v) is 2.04. The molecule has 0 aliphatic rings. The van der Waals surface area contributed by atoms with Gasteiger partial charge >= 0.3 is 0 Å². The highest BCUT2D eigenvalue weighted by Gasteiger charge is 1.98. The molecular formula is C18H19F. The Kier molecular flexibility index (Phi) is 4.91. The van der Waals surface area contributed by atoms with Crippen LogP contribution in [0.3, 0.4) is 0 Å². The normalized spacial score (nSPS) is 11.1. The second kappa shape index (κ2) is 6.89. The first kappa shape index (κ1) is 13.5. The molecule has 2 rings (SSSR count). The molecule has 0 radical (unpaired) electrons. The Morgan fingerprint density at radius 2 is 1.42 bits per heavy atom. The quantitative estimate of drug-likeness (QED) is 0.627. The maximum absolute atomic E-state index is 12.9. The van der Waals surface area contributed by atoms with Crippen LogP contribution in [-0.2, 0) is 6.42 Å². The zero-order chi connectivity index (χ0) is 13.5. The molecule has 0 spiro atoms. The molecule has 0 atom stereocenters. The summed E-state index contributed by atoms with van der Waals surface area (Å²) < 4.78 is 12.9. The number of rotatable bonds is 5. The van der Waals surface area contributed by atoms with Crippen molar-refractivity contribution in [1.82, 2.24) is 0 Å². The SMILES string of the molecule is CC/C=C/CCc1ccc(-c2ccc(F)cc2)cc1. The van der Waals surface area contributed by atoms with Crippen LogP contribution in [0.2, 0.25) is 0 Å². The van der Waals surface area contributed by atoms with E-state index in [-0.39, 0.29) is 5.82 Å². The van der Waals surface area contributed by atoms with E-state index in [4.69, 9.17) is 0 Å². The Hall–Kier alpha value is -1.89. The number of hydrogen-bond acceptors (Lipinski definition) is 0. The smallest absolute Gasteiger partial charge is 0.123 e. The average molecular weight is 254 g/mol. The molecule has 1 heteroatoms. The van der Waals surface area contributed by atoms with Gasteiger partial charge in [-0.1, -0.05) is 55.5 Å². The minimum atomic E-state index is -0.192. The fourth-order valence-electron chi connectivity index (χ4n) is 2.04. The predicted octanol–water partition coefficient (Wildman–Crippen LogP) is 5.39. The minimum absolute atomic E-state index is 0.192. The van der Waals surface area contributed by atoms with Crippen LogP contribution in [0.15, 0.2) is 60.7 Å². The first-order valence-corrected chi connectivity index (χ1v) is 6.79. The summed E-state index contributed by atoms with van der Waals surface area (Å²) in [6.45, 7) is 2.15. The predicted molar refractivity (Wildman–Crippen MR) is 79.6 cm³/mol. The summed E-state index contributed by atoms with van der Waals surface area (Å²) in [6, 6.07) is 15.1. The zero-order valence-electron chi connectivity index (χ0n) is 11.3. The van der Waals surface area contributed by atoms with Gasteiger partial charge < -0.3 is 0 Å². The maximum atomic E-state index is 12.9. The lowest BCUT2D eigenvalue weighted by Gasteiger charge is -2.04. The topological polar surface area (TPSA) is 0 Å². The van der Waals surface area contributed by atoms with E-state index in [1.54, 1.807) is 0 Å². The van der Waals surface area contributed by atoms with Crippen molar-refractivity contribution < 1.29 is 4.39 Å². The van der Waals surface area contributed by atoms with Crippen LogP contribution in [0.4, 0.5) is 4.39 Å². The second-order valence-electron chi connectivity index (χ2n) is 4.62. The molecule has 0 unspecified atom stereocenters. The summed E-state index contributed by atoms with van der Waals surface area (Å²) in [5.41, 5.74) is 3.53. The molecule has 0 aliphatic heterocycles. The maximum Gasteiger partial charge on any atom is 0.123 e. The Labute approximate surface area is 114 Å². The van der Waals surface area contributed by atoms with E-state index in [1.165, 1.54) is 17.7 Å². The molecule has 0 saturated heterocycles. The van der Waals surface area contributed by atoms with Gasteiger partial charge in [0.25, 0.3) is 0 Å². The van der Waals surface area contributed by atoms with Gasteiger partial charge in [-0.25, -0.2) is 4.39 Å². The lowest BCUT2D eigenvalue weighted by atomic mass is 10.0. The van der Waals surface area contributed by atoms with Crippen molar-refractivity contribution in [2.45, 2.75) is 26.2 Å². The van der Waals surface area contributed by atoms with Crippen LogP contribution in [-0.4, -0.2) is 0 Å². The Morgan fingerprint density at radius 1 is 0.842 bits per heavy atom. The minimum Gasteiger partial charge on any atom is -0.207 e. The van der Waals surface area contributed by atoms with Gasteiger partial charge in [0.05, 0.1) is 0 Å². The molecule has 2 aromatic rings. The van der Waals surface area contributed by atoms with Gasteiger partial charge in [0.1, 0.15) is 5.82 Å². The third-order valence-electron chi connectivity index (χ3n) is 3.13. The summed E-state index contributed by atoms with van der Waals surface area (Å²) in [5.74, 6) is -0.192. The van der Waals surface area contributed by atoms with E-state index in [2.05, 4.69) is 43.3 Å². The molecule has 2 aromatic carbocycles. The highest BCUT2D eigenvalue weighted by atomic mass is 19.1. The standard InChI is InChI=1S/C18H19F/c1-2-3-4-5-6-15-7-9-16(10-8-15)17-11-13-18(19)14-12-17/h3-4,7-14H,2,5-6H2,1H3/b4-3+. The zero-order valence-corrected chi connectivity index (χ0v) is 11.3. The average Bonchev–Trinajstić information content (AvgIpc) is 2.45. The van der Waals surface area contributed by atoms with E-state index in [0.29, 0.717) is 0 Å². The molecule has 0 N–H and O–H groups in total. The third-order valence-corrected chi connectivity index (χ3v) is 3.13. The largest absolute Gasteiger partial charge is 0.207 e. The van der Waals surface area contributed by atoms with E-state index in [0.717, 1.165) is 30.4 Å². The number of halogens is 1. The molecule has 0 nitrogen and oxygen atoms in total. The van der Waals surface area contributed by atoms with Crippen LogP contribution in [0.5, 0.6) is 0 Å². The van der Waals surface area contributed by atoms with E-state index in [9.17, 15) is 4.39 Å². The molecule has 19 heavy (non-hydrogen) atoms. The van der Waals surface area contributed by atoms with E-state index < -0.39 is 0 Å². The Bertz CT molecular complexity index is 521.